The quantitative estimate of drug-likeness (QED) is 0.681. The van der Waals surface area contributed by atoms with Crippen LogP contribution in [0.5, 0.6) is 0 Å². The van der Waals surface area contributed by atoms with Gasteiger partial charge < -0.3 is 5.73 Å². The molecule has 0 atom stereocenters. The van der Waals surface area contributed by atoms with Crippen LogP contribution in [0.1, 0.15) is 26.7 Å². The van der Waals surface area contributed by atoms with Crippen molar-refractivity contribution in [2.75, 3.05) is 11.9 Å². The number of halogens is 1. The zero-order chi connectivity index (χ0) is 7.33. The van der Waals surface area contributed by atoms with Crippen LogP contribution in [-0.2, 0) is 0 Å². The number of hydrogen-bond acceptors (Lipinski definition) is 1. The minimum atomic E-state index is 0.361. The first-order chi connectivity index (χ1) is 4.24. The van der Waals surface area contributed by atoms with E-state index in [0.29, 0.717) is 5.41 Å². The van der Waals surface area contributed by atoms with Crippen LogP contribution in [0, 0.1) is 5.41 Å². The Morgan fingerprint density at radius 3 is 1.78 bits per heavy atom. The lowest BCUT2D eigenvalue weighted by atomic mass is 9.85. The van der Waals surface area contributed by atoms with E-state index in [2.05, 4.69) is 29.8 Å². The van der Waals surface area contributed by atoms with E-state index in [9.17, 15) is 0 Å². The van der Waals surface area contributed by atoms with E-state index in [1.807, 2.05) is 0 Å². The van der Waals surface area contributed by atoms with Crippen molar-refractivity contribution in [1.82, 2.24) is 0 Å². The third kappa shape index (κ3) is 2.26. The van der Waals surface area contributed by atoms with Gasteiger partial charge in [0.15, 0.2) is 0 Å². The van der Waals surface area contributed by atoms with Gasteiger partial charge in [0.1, 0.15) is 0 Å². The standard InChI is InChI=1S/C7H16BrN/c1-3-7(4-2,5-8)6-9/h3-6,9H2,1-2H3. The van der Waals surface area contributed by atoms with E-state index in [1.165, 1.54) is 12.8 Å². The first-order valence-corrected chi connectivity index (χ1v) is 4.63. The number of alkyl halides is 1. The smallest absolute Gasteiger partial charge is 0.00998 e. The molecule has 0 aromatic carbocycles. The van der Waals surface area contributed by atoms with Crippen molar-refractivity contribution < 1.29 is 0 Å². The lowest BCUT2D eigenvalue weighted by Crippen LogP contribution is -2.30. The molecular weight excluding hydrogens is 178 g/mol. The van der Waals surface area contributed by atoms with Crippen LogP contribution in [0.2, 0.25) is 0 Å². The molecule has 0 heterocycles. The molecule has 2 N–H and O–H groups in total. The highest BCUT2D eigenvalue weighted by Crippen LogP contribution is 2.26. The van der Waals surface area contributed by atoms with E-state index >= 15 is 0 Å². The summed E-state index contributed by atoms with van der Waals surface area (Å²) in [5, 5.41) is 1.03. The zero-order valence-electron chi connectivity index (χ0n) is 6.28. The fourth-order valence-corrected chi connectivity index (χ4v) is 1.80. The second-order valence-electron chi connectivity index (χ2n) is 2.54. The molecule has 0 aliphatic heterocycles. The van der Waals surface area contributed by atoms with Crippen molar-refractivity contribution in [2.45, 2.75) is 26.7 Å². The molecule has 0 aliphatic carbocycles. The number of rotatable bonds is 4. The predicted octanol–water partition coefficient (Wildman–Crippen LogP) is 2.15. The molecule has 0 saturated carbocycles. The third-order valence-corrected chi connectivity index (χ3v) is 3.41. The molecule has 0 aromatic heterocycles. The van der Waals surface area contributed by atoms with Crippen LogP contribution >= 0.6 is 15.9 Å². The highest BCUT2D eigenvalue weighted by Gasteiger charge is 2.21. The normalized spacial score (nSPS) is 12.0. The Hall–Kier alpha value is 0.440. The van der Waals surface area contributed by atoms with Gasteiger partial charge in [0.2, 0.25) is 0 Å². The van der Waals surface area contributed by atoms with Gasteiger partial charge in [-0.1, -0.05) is 29.8 Å². The fraction of sp³-hybridized carbons (Fsp3) is 1.00. The molecule has 0 spiro atoms. The van der Waals surface area contributed by atoms with Gasteiger partial charge in [0, 0.05) is 5.33 Å². The van der Waals surface area contributed by atoms with E-state index in [4.69, 9.17) is 5.73 Å². The predicted molar refractivity (Wildman–Crippen MR) is 45.9 cm³/mol. The minimum Gasteiger partial charge on any atom is -0.330 e. The third-order valence-electron chi connectivity index (χ3n) is 2.22. The lowest BCUT2D eigenvalue weighted by Gasteiger charge is -2.26. The molecule has 0 amide bonds. The van der Waals surface area contributed by atoms with Crippen LogP contribution in [0.25, 0.3) is 0 Å². The molecule has 9 heavy (non-hydrogen) atoms. The van der Waals surface area contributed by atoms with Crippen molar-refractivity contribution in [1.29, 1.82) is 0 Å². The average molecular weight is 194 g/mol. The molecule has 56 valence electrons. The van der Waals surface area contributed by atoms with Crippen molar-refractivity contribution in [2.24, 2.45) is 11.1 Å². The largest absolute Gasteiger partial charge is 0.330 e. The van der Waals surface area contributed by atoms with Gasteiger partial charge >= 0.3 is 0 Å². The Bertz CT molecular complexity index is 51.8. The van der Waals surface area contributed by atoms with Crippen molar-refractivity contribution >= 4 is 15.9 Å². The summed E-state index contributed by atoms with van der Waals surface area (Å²) in [6.45, 7) is 5.18. The summed E-state index contributed by atoms with van der Waals surface area (Å²) in [6.07, 6.45) is 2.34. The molecule has 0 aliphatic rings. The molecule has 0 rings (SSSR count). The van der Waals surface area contributed by atoms with Crippen LogP contribution in [0.3, 0.4) is 0 Å². The van der Waals surface area contributed by atoms with Crippen molar-refractivity contribution in [3.05, 3.63) is 0 Å². The Morgan fingerprint density at radius 2 is 1.78 bits per heavy atom. The summed E-state index contributed by atoms with van der Waals surface area (Å²) in [7, 11) is 0. The molecule has 0 unspecified atom stereocenters. The molecule has 0 radical (unpaired) electrons. The van der Waals surface area contributed by atoms with E-state index in [-0.39, 0.29) is 0 Å². The Morgan fingerprint density at radius 1 is 1.33 bits per heavy atom. The van der Waals surface area contributed by atoms with Gasteiger partial charge in [-0.25, -0.2) is 0 Å². The fourth-order valence-electron chi connectivity index (χ4n) is 0.782. The summed E-state index contributed by atoms with van der Waals surface area (Å²) >= 11 is 3.47. The van der Waals surface area contributed by atoms with Gasteiger partial charge in [-0.05, 0) is 24.8 Å². The molecule has 1 nitrogen and oxygen atoms in total. The van der Waals surface area contributed by atoms with Gasteiger partial charge in [0.05, 0.1) is 0 Å². The summed E-state index contributed by atoms with van der Waals surface area (Å²) in [5.41, 5.74) is 5.97. The van der Waals surface area contributed by atoms with Crippen LogP contribution in [0.15, 0.2) is 0 Å². The molecule has 0 fully saturated rings. The van der Waals surface area contributed by atoms with E-state index in [1.54, 1.807) is 0 Å². The van der Waals surface area contributed by atoms with Gasteiger partial charge in [-0.2, -0.15) is 0 Å². The molecule has 0 saturated heterocycles. The van der Waals surface area contributed by atoms with Crippen molar-refractivity contribution in [3.8, 4) is 0 Å². The molecule has 0 aromatic rings. The average Bonchev–Trinajstić information content (AvgIpc) is 1.95. The topological polar surface area (TPSA) is 26.0 Å². The first-order valence-electron chi connectivity index (χ1n) is 3.50. The first kappa shape index (κ1) is 9.44. The highest BCUT2D eigenvalue weighted by atomic mass is 79.9. The second kappa shape index (κ2) is 4.29. The maximum atomic E-state index is 5.61. The summed E-state index contributed by atoms with van der Waals surface area (Å²) in [6, 6.07) is 0. The Kier molecular flexibility index (Phi) is 4.50. The van der Waals surface area contributed by atoms with Crippen LogP contribution in [-0.4, -0.2) is 11.9 Å². The molecule has 2 heteroatoms. The van der Waals surface area contributed by atoms with Crippen molar-refractivity contribution in [3.63, 3.8) is 0 Å². The Balaban J connectivity index is 3.82. The summed E-state index contributed by atoms with van der Waals surface area (Å²) < 4.78 is 0. The zero-order valence-corrected chi connectivity index (χ0v) is 7.87. The van der Waals surface area contributed by atoms with Gasteiger partial charge in [-0.15, -0.1) is 0 Å². The summed E-state index contributed by atoms with van der Waals surface area (Å²) in [4.78, 5) is 0. The Labute approximate surface area is 66.1 Å². The second-order valence-corrected chi connectivity index (χ2v) is 3.11. The van der Waals surface area contributed by atoms with Gasteiger partial charge in [0.25, 0.3) is 0 Å². The lowest BCUT2D eigenvalue weighted by molar-refractivity contribution is 0.321. The number of nitrogens with two attached hydrogens (primary N) is 1. The maximum Gasteiger partial charge on any atom is 0.00998 e. The highest BCUT2D eigenvalue weighted by molar-refractivity contribution is 9.09. The van der Waals surface area contributed by atoms with Crippen LogP contribution < -0.4 is 5.73 Å². The van der Waals surface area contributed by atoms with E-state index < -0.39 is 0 Å². The maximum absolute atomic E-state index is 5.61. The summed E-state index contributed by atoms with van der Waals surface area (Å²) in [5.74, 6) is 0. The number of hydrogen-bond donors (Lipinski definition) is 1. The van der Waals surface area contributed by atoms with E-state index in [0.717, 1.165) is 11.9 Å². The molecule has 0 bridgehead atoms. The van der Waals surface area contributed by atoms with Gasteiger partial charge in [-0.3, -0.25) is 0 Å². The SMILES string of the molecule is CCC(CC)(CN)CBr. The molecular formula is C7H16BrN. The monoisotopic (exact) mass is 193 g/mol. The van der Waals surface area contributed by atoms with Crippen LogP contribution in [0.4, 0.5) is 0 Å². The minimum absolute atomic E-state index is 0.361.